The van der Waals surface area contributed by atoms with Crippen LogP contribution in [0.25, 0.3) is 11.3 Å². The van der Waals surface area contributed by atoms with Gasteiger partial charge >= 0.3 is 5.97 Å². The molecule has 3 aromatic rings. The molecule has 0 spiro atoms. The second kappa shape index (κ2) is 11.8. The summed E-state index contributed by atoms with van der Waals surface area (Å²) >= 11 is 0. The Labute approximate surface area is 202 Å². The van der Waals surface area contributed by atoms with Crippen molar-refractivity contribution in [2.75, 3.05) is 39.3 Å². The molecule has 1 aromatic heterocycles. The van der Waals surface area contributed by atoms with Crippen molar-refractivity contribution in [2.45, 2.75) is 19.4 Å². The van der Waals surface area contributed by atoms with Gasteiger partial charge in [0.1, 0.15) is 0 Å². The van der Waals surface area contributed by atoms with Gasteiger partial charge in [-0.25, -0.2) is 13.5 Å². The number of hydrogen-bond acceptors (Lipinski definition) is 6. The number of hydrogen-bond donors (Lipinski definition) is 1. The fourth-order valence-electron chi connectivity index (χ4n) is 4.01. The van der Waals surface area contributed by atoms with Crippen molar-refractivity contribution in [3.8, 4) is 11.3 Å². The van der Waals surface area contributed by atoms with Crippen LogP contribution >= 0.6 is 0 Å². The molecule has 0 saturated carbocycles. The van der Waals surface area contributed by atoms with Crippen molar-refractivity contribution in [1.29, 1.82) is 0 Å². The number of nitrogens with one attached hydrogen (secondary N) is 1. The van der Waals surface area contributed by atoms with E-state index in [1.165, 1.54) is 22.9 Å². The first-order valence-electron chi connectivity index (χ1n) is 11.7. The van der Waals surface area contributed by atoms with E-state index in [0.29, 0.717) is 17.9 Å². The van der Waals surface area contributed by atoms with E-state index < -0.39 is 11.6 Å². The number of aromatic nitrogens is 2. The second-order valence-electron chi connectivity index (χ2n) is 8.51. The number of nitrogens with zero attached hydrogens (tertiary/aromatic N) is 3. The lowest BCUT2D eigenvalue weighted by atomic mass is 10.1. The summed E-state index contributed by atoms with van der Waals surface area (Å²) in [6.45, 7) is 5.49. The number of halogens is 2. The van der Waals surface area contributed by atoms with Gasteiger partial charge < -0.3 is 15.0 Å². The average molecular weight is 483 g/mol. The second-order valence-corrected chi connectivity index (χ2v) is 8.51. The summed E-state index contributed by atoms with van der Waals surface area (Å²) in [7, 11) is 0. The standard InChI is InChI=1S/C26H28F2N4O3/c27-22-6-5-21(17-23(22)28)24-7-8-25(33)32(30-24)18-20-4-1-3-19(15-20)16-26(34)35-14-2-11-31-12-9-29-10-13-31/h1,3-8,15,17,29H,2,9-14,16,18H2. The first-order chi connectivity index (χ1) is 17.0. The van der Waals surface area contributed by atoms with Crippen molar-refractivity contribution in [2.24, 2.45) is 0 Å². The quantitative estimate of drug-likeness (QED) is 0.373. The van der Waals surface area contributed by atoms with Crippen molar-refractivity contribution in [1.82, 2.24) is 20.0 Å². The largest absolute Gasteiger partial charge is 0.465 e. The Bertz CT molecular complexity index is 1230. The van der Waals surface area contributed by atoms with Crippen LogP contribution in [0.4, 0.5) is 8.78 Å². The lowest BCUT2D eigenvalue weighted by molar-refractivity contribution is -0.143. The highest BCUT2D eigenvalue weighted by Gasteiger charge is 2.11. The maximum Gasteiger partial charge on any atom is 0.310 e. The van der Waals surface area contributed by atoms with Crippen molar-refractivity contribution >= 4 is 5.97 Å². The van der Waals surface area contributed by atoms with Crippen LogP contribution < -0.4 is 10.9 Å². The van der Waals surface area contributed by atoms with Crippen LogP contribution in [0.1, 0.15) is 17.5 Å². The zero-order chi connectivity index (χ0) is 24.6. The molecule has 4 rings (SSSR count). The summed E-state index contributed by atoms with van der Waals surface area (Å²) in [5.74, 6) is -2.22. The third-order valence-corrected chi connectivity index (χ3v) is 5.85. The maximum atomic E-state index is 13.6. The number of benzene rings is 2. The predicted molar refractivity (Wildman–Crippen MR) is 128 cm³/mol. The average Bonchev–Trinajstić information content (AvgIpc) is 2.86. The summed E-state index contributed by atoms with van der Waals surface area (Å²) in [5.41, 5.74) is 1.95. The Kier molecular flexibility index (Phi) is 8.33. The summed E-state index contributed by atoms with van der Waals surface area (Å²) in [6.07, 6.45) is 0.938. The van der Waals surface area contributed by atoms with E-state index in [1.54, 1.807) is 0 Å². The van der Waals surface area contributed by atoms with Crippen LogP contribution in [0.2, 0.25) is 0 Å². The molecule has 2 heterocycles. The number of piperazine rings is 1. The normalized spacial score (nSPS) is 14.1. The highest BCUT2D eigenvalue weighted by Crippen LogP contribution is 2.18. The summed E-state index contributed by atoms with van der Waals surface area (Å²) in [5, 5.41) is 7.61. The van der Waals surface area contributed by atoms with Gasteiger partial charge in [-0.15, -0.1) is 0 Å². The Hall–Kier alpha value is -3.43. The Morgan fingerprint density at radius 1 is 1.00 bits per heavy atom. The van der Waals surface area contributed by atoms with E-state index in [9.17, 15) is 18.4 Å². The van der Waals surface area contributed by atoms with Crippen LogP contribution in [0.15, 0.2) is 59.4 Å². The highest BCUT2D eigenvalue weighted by molar-refractivity contribution is 5.72. The zero-order valence-corrected chi connectivity index (χ0v) is 19.4. The maximum absolute atomic E-state index is 13.6. The van der Waals surface area contributed by atoms with E-state index in [2.05, 4.69) is 15.3 Å². The molecule has 0 bridgehead atoms. The smallest absolute Gasteiger partial charge is 0.310 e. The van der Waals surface area contributed by atoms with Gasteiger partial charge in [-0.05, 0) is 41.8 Å². The minimum absolute atomic E-state index is 0.138. The number of ether oxygens (including phenoxy) is 1. The van der Waals surface area contributed by atoms with Crippen molar-refractivity contribution < 1.29 is 18.3 Å². The zero-order valence-electron chi connectivity index (χ0n) is 19.4. The molecule has 1 fully saturated rings. The van der Waals surface area contributed by atoms with Gasteiger partial charge in [-0.2, -0.15) is 5.10 Å². The topological polar surface area (TPSA) is 76.5 Å². The molecule has 7 nitrogen and oxygen atoms in total. The van der Waals surface area contributed by atoms with Crippen molar-refractivity contribution in [3.05, 3.63) is 87.7 Å². The Morgan fingerprint density at radius 2 is 1.80 bits per heavy atom. The lowest BCUT2D eigenvalue weighted by Crippen LogP contribution is -2.43. The molecule has 0 radical (unpaired) electrons. The van der Waals surface area contributed by atoms with Gasteiger partial charge in [0.2, 0.25) is 0 Å². The first kappa shape index (κ1) is 24.7. The Morgan fingerprint density at radius 3 is 2.60 bits per heavy atom. The molecule has 0 aliphatic carbocycles. The number of rotatable bonds is 9. The van der Waals surface area contributed by atoms with Crippen LogP contribution in [-0.2, 0) is 22.5 Å². The molecule has 0 amide bonds. The molecule has 2 aromatic carbocycles. The SMILES string of the molecule is O=C(Cc1cccc(Cn2nc(-c3ccc(F)c(F)c3)ccc2=O)c1)OCCCN1CCNCC1. The number of carbonyl (C=O) groups is 1. The molecule has 1 saturated heterocycles. The minimum Gasteiger partial charge on any atom is -0.465 e. The predicted octanol–water partition coefficient (Wildman–Crippen LogP) is 2.62. The molecular weight excluding hydrogens is 454 g/mol. The van der Waals surface area contributed by atoms with Crippen LogP contribution in [0.5, 0.6) is 0 Å². The lowest BCUT2D eigenvalue weighted by Gasteiger charge is -2.26. The number of esters is 1. The fourth-order valence-corrected chi connectivity index (χ4v) is 4.01. The fraction of sp³-hybridized carbons (Fsp3) is 0.346. The van der Waals surface area contributed by atoms with Crippen LogP contribution in [-0.4, -0.2) is 60.0 Å². The molecule has 1 aliphatic rings. The van der Waals surface area contributed by atoms with Crippen molar-refractivity contribution in [3.63, 3.8) is 0 Å². The van der Waals surface area contributed by atoms with E-state index in [1.807, 2.05) is 24.3 Å². The molecule has 0 unspecified atom stereocenters. The molecule has 9 heteroatoms. The first-order valence-corrected chi connectivity index (χ1v) is 11.7. The molecule has 35 heavy (non-hydrogen) atoms. The van der Waals surface area contributed by atoms with E-state index in [4.69, 9.17) is 4.74 Å². The van der Waals surface area contributed by atoms with Crippen LogP contribution in [0.3, 0.4) is 0 Å². The van der Waals surface area contributed by atoms with Gasteiger partial charge in [0, 0.05) is 44.4 Å². The van der Waals surface area contributed by atoms with Crippen LogP contribution in [0, 0.1) is 11.6 Å². The Balaban J connectivity index is 1.34. The molecule has 1 aliphatic heterocycles. The van der Waals surface area contributed by atoms with Gasteiger partial charge in [0.05, 0.1) is 25.3 Å². The van der Waals surface area contributed by atoms with Gasteiger partial charge in [0.25, 0.3) is 5.56 Å². The molecule has 0 atom stereocenters. The summed E-state index contributed by atoms with van der Waals surface area (Å²) in [4.78, 5) is 27.0. The molecular formula is C26H28F2N4O3. The monoisotopic (exact) mass is 482 g/mol. The third-order valence-electron chi connectivity index (χ3n) is 5.85. The van der Waals surface area contributed by atoms with E-state index in [-0.39, 0.29) is 24.5 Å². The van der Waals surface area contributed by atoms with E-state index in [0.717, 1.165) is 62.4 Å². The van der Waals surface area contributed by atoms with Gasteiger partial charge in [-0.1, -0.05) is 24.3 Å². The highest BCUT2D eigenvalue weighted by atomic mass is 19.2. The number of carbonyl (C=O) groups excluding carboxylic acids is 1. The van der Waals surface area contributed by atoms with Gasteiger partial charge in [-0.3, -0.25) is 9.59 Å². The molecule has 184 valence electrons. The summed E-state index contributed by atoms with van der Waals surface area (Å²) < 4.78 is 33.5. The molecule has 1 N–H and O–H groups in total. The van der Waals surface area contributed by atoms with Gasteiger partial charge in [0.15, 0.2) is 11.6 Å². The summed E-state index contributed by atoms with van der Waals surface area (Å²) in [6, 6.07) is 13.6. The minimum atomic E-state index is -0.981. The third kappa shape index (κ3) is 7.03. The van der Waals surface area contributed by atoms with E-state index >= 15 is 0 Å².